The molecule has 0 aliphatic carbocycles. The fourth-order valence-electron chi connectivity index (χ4n) is 3.08. The molecule has 1 aromatic carbocycles. The van der Waals surface area contributed by atoms with Crippen molar-refractivity contribution in [1.29, 1.82) is 0 Å². The Bertz CT molecular complexity index is 593. The van der Waals surface area contributed by atoms with E-state index in [9.17, 15) is 9.59 Å². The van der Waals surface area contributed by atoms with Crippen LogP contribution in [0.2, 0.25) is 5.02 Å². The van der Waals surface area contributed by atoms with Crippen LogP contribution in [0.1, 0.15) is 24.9 Å². The summed E-state index contributed by atoms with van der Waals surface area (Å²) in [5.74, 6) is -0.146. The largest absolute Gasteiger partial charge is 0.368 e. The van der Waals surface area contributed by atoms with Crippen molar-refractivity contribution in [2.45, 2.75) is 25.5 Å². The van der Waals surface area contributed by atoms with E-state index in [1.54, 1.807) is 23.1 Å². The van der Waals surface area contributed by atoms with Crippen LogP contribution in [0.15, 0.2) is 24.3 Å². The zero-order chi connectivity index (χ0) is 15.7. The normalized spacial score (nSPS) is 28.5. The van der Waals surface area contributed by atoms with Gasteiger partial charge in [0.05, 0.1) is 0 Å². The Morgan fingerprint density at radius 1 is 1.41 bits per heavy atom. The van der Waals surface area contributed by atoms with Crippen molar-refractivity contribution in [2.24, 2.45) is 5.92 Å². The number of nitrogens with one attached hydrogen (secondary N) is 1. The molecule has 22 heavy (non-hydrogen) atoms. The molecule has 0 spiro atoms. The number of ether oxygens (including phenoxy) is 1. The van der Waals surface area contributed by atoms with Crippen LogP contribution in [0.3, 0.4) is 0 Å². The van der Waals surface area contributed by atoms with Crippen LogP contribution in [0.4, 0.5) is 0 Å². The molecule has 2 aliphatic rings. The zero-order valence-corrected chi connectivity index (χ0v) is 13.2. The van der Waals surface area contributed by atoms with Crippen molar-refractivity contribution in [2.75, 3.05) is 19.7 Å². The van der Waals surface area contributed by atoms with Crippen molar-refractivity contribution in [3.63, 3.8) is 0 Å². The number of carbonyl (C=O) groups is 2. The molecule has 2 saturated heterocycles. The average Bonchev–Trinajstić information content (AvgIpc) is 2.93. The van der Waals surface area contributed by atoms with Gasteiger partial charge in [-0.1, -0.05) is 36.7 Å². The zero-order valence-electron chi connectivity index (χ0n) is 12.4. The van der Waals surface area contributed by atoms with Crippen molar-refractivity contribution in [3.05, 3.63) is 34.9 Å². The number of nitrogens with zero attached hydrogens (tertiary/aromatic N) is 1. The van der Waals surface area contributed by atoms with E-state index in [0.717, 1.165) is 6.42 Å². The van der Waals surface area contributed by atoms with Gasteiger partial charge in [-0.3, -0.25) is 9.59 Å². The Balaban J connectivity index is 1.92. The Kier molecular flexibility index (Phi) is 4.36. The van der Waals surface area contributed by atoms with Gasteiger partial charge in [0.15, 0.2) is 0 Å². The third-order valence-corrected chi connectivity index (χ3v) is 4.67. The van der Waals surface area contributed by atoms with Crippen LogP contribution in [0, 0.1) is 5.92 Å². The second-order valence-corrected chi connectivity index (χ2v) is 6.21. The summed E-state index contributed by atoms with van der Waals surface area (Å²) in [6.07, 6.45) is 0.406. The fraction of sp³-hybridized carbons (Fsp3) is 0.500. The summed E-state index contributed by atoms with van der Waals surface area (Å²) in [6, 6.07) is 6.46. The highest BCUT2D eigenvalue weighted by Gasteiger charge is 2.41. The van der Waals surface area contributed by atoms with E-state index in [-0.39, 0.29) is 17.7 Å². The minimum Gasteiger partial charge on any atom is -0.368 e. The van der Waals surface area contributed by atoms with Gasteiger partial charge in [-0.15, -0.1) is 0 Å². The molecule has 0 bridgehead atoms. The van der Waals surface area contributed by atoms with Gasteiger partial charge in [-0.2, -0.15) is 0 Å². The third-order valence-electron chi connectivity index (χ3n) is 4.33. The summed E-state index contributed by atoms with van der Waals surface area (Å²) in [5, 5.41) is 3.30. The molecule has 2 heterocycles. The number of halogens is 1. The summed E-state index contributed by atoms with van der Waals surface area (Å²) in [6.45, 7) is 3.51. The van der Waals surface area contributed by atoms with E-state index in [0.29, 0.717) is 30.3 Å². The molecule has 2 aliphatic heterocycles. The first-order chi connectivity index (χ1) is 10.6. The topological polar surface area (TPSA) is 58.6 Å². The summed E-state index contributed by atoms with van der Waals surface area (Å²) in [4.78, 5) is 26.8. The highest BCUT2D eigenvalue weighted by atomic mass is 35.5. The number of hydrogen-bond acceptors (Lipinski definition) is 3. The van der Waals surface area contributed by atoms with Crippen molar-refractivity contribution < 1.29 is 14.3 Å². The molecule has 118 valence electrons. The standard InChI is InChI=1S/C16H19ClN2O3/c1-10-6-9-22-14(10)16(21)19-8-7-18-15(20)13(19)11-4-2-3-5-12(11)17/h2-5,10,13-14H,6-9H2,1H3,(H,18,20). The molecule has 3 atom stereocenters. The maximum absolute atomic E-state index is 12.8. The van der Waals surface area contributed by atoms with E-state index >= 15 is 0 Å². The Morgan fingerprint density at radius 3 is 2.86 bits per heavy atom. The summed E-state index contributed by atoms with van der Waals surface area (Å²) in [5.41, 5.74) is 0.653. The van der Waals surface area contributed by atoms with Gasteiger partial charge in [0, 0.05) is 30.3 Å². The van der Waals surface area contributed by atoms with E-state index in [4.69, 9.17) is 16.3 Å². The van der Waals surface area contributed by atoms with Crippen molar-refractivity contribution in [1.82, 2.24) is 10.2 Å². The Labute approximate surface area is 134 Å². The Morgan fingerprint density at radius 2 is 2.18 bits per heavy atom. The molecule has 2 amide bonds. The molecule has 1 aromatic rings. The molecule has 6 heteroatoms. The number of benzene rings is 1. The molecule has 2 fully saturated rings. The molecular weight excluding hydrogens is 304 g/mol. The van der Waals surface area contributed by atoms with Crippen molar-refractivity contribution >= 4 is 23.4 Å². The SMILES string of the molecule is CC1CCOC1C(=O)N1CCNC(=O)C1c1ccccc1Cl. The predicted molar refractivity (Wildman–Crippen MR) is 82.4 cm³/mol. The van der Waals surface area contributed by atoms with E-state index < -0.39 is 12.1 Å². The lowest BCUT2D eigenvalue weighted by Gasteiger charge is -2.37. The van der Waals surface area contributed by atoms with Crippen LogP contribution >= 0.6 is 11.6 Å². The molecule has 3 unspecified atom stereocenters. The quantitative estimate of drug-likeness (QED) is 0.902. The van der Waals surface area contributed by atoms with Crippen LogP contribution in [0.5, 0.6) is 0 Å². The minimum atomic E-state index is -0.689. The molecule has 3 rings (SSSR count). The third kappa shape index (κ3) is 2.71. The maximum Gasteiger partial charge on any atom is 0.252 e. The van der Waals surface area contributed by atoms with Crippen LogP contribution in [0.25, 0.3) is 0 Å². The lowest BCUT2D eigenvalue weighted by atomic mass is 9.98. The molecular formula is C16H19ClN2O3. The van der Waals surface area contributed by atoms with E-state index in [1.807, 2.05) is 13.0 Å². The highest BCUT2D eigenvalue weighted by Crippen LogP contribution is 2.32. The van der Waals surface area contributed by atoms with E-state index in [2.05, 4.69) is 5.32 Å². The summed E-state index contributed by atoms with van der Waals surface area (Å²) in [7, 11) is 0. The number of hydrogen-bond donors (Lipinski definition) is 1. The molecule has 0 aromatic heterocycles. The van der Waals surface area contributed by atoms with Gasteiger partial charge < -0.3 is 15.0 Å². The second kappa shape index (κ2) is 6.26. The van der Waals surface area contributed by atoms with Gasteiger partial charge >= 0.3 is 0 Å². The lowest BCUT2D eigenvalue weighted by molar-refractivity contribution is -0.151. The average molecular weight is 323 g/mol. The smallest absolute Gasteiger partial charge is 0.252 e. The van der Waals surface area contributed by atoms with Gasteiger partial charge in [-0.25, -0.2) is 0 Å². The van der Waals surface area contributed by atoms with Crippen LogP contribution in [-0.4, -0.2) is 42.5 Å². The fourth-order valence-corrected chi connectivity index (χ4v) is 3.32. The first-order valence-electron chi connectivity index (χ1n) is 7.54. The summed E-state index contributed by atoms with van der Waals surface area (Å²) < 4.78 is 5.57. The molecule has 0 saturated carbocycles. The minimum absolute atomic E-state index is 0.121. The first kappa shape index (κ1) is 15.3. The van der Waals surface area contributed by atoms with E-state index in [1.165, 1.54) is 0 Å². The summed E-state index contributed by atoms with van der Waals surface area (Å²) >= 11 is 6.23. The van der Waals surface area contributed by atoms with Crippen LogP contribution in [-0.2, 0) is 14.3 Å². The van der Waals surface area contributed by atoms with Gasteiger partial charge in [0.2, 0.25) is 5.91 Å². The number of piperazine rings is 1. The number of amides is 2. The molecule has 5 nitrogen and oxygen atoms in total. The highest BCUT2D eigenvalue weighted by molar-refractivity contribution is 6.31. The van der Waals surface area contributed by atoms with Gasteiger partial charge in [0.25, 0.3) is 5.91 Å². The monoisotopic (exact) mass is 322 g/mol. The lowest BCUT2D eigenvalue weighted by Crippen LogP contribution is -2.55. The maximum atomic E-state index is 12.8. The number of rotatable bonds is 2. The Hall–Kier alpha value is -1.59. The molecule has 1 N–H and O–H groups in total. The second-order valence-electron chi connectivity index (χ2n) is 5.80. The van der Waals surface area contributed by atoms with Gasteiger partial charge in [0.1, 0.15) is 12.1 Å². The first-order valence-corrected chi connectivity index (χ1v) is 7.91. The predicted octanol–water partition coefficient (Wildman–Crippen LogP) is 1.76. The van der Waals surface area contributed by atoms with Crippen LogP contribution < -0.4 is 5.32 Å². The van der Waals surface area contributed by atoms with Crippen molar-refractivity contribution in [3.8, 4) is 0 Å². The number of carbonyl (C=O) groups excluding carboxylic acids is 2. The molecule has 0 radical (unpaired) electrons. The van der Waals surface area contributed by atoms with Gasteiger partial charge in [-0.05, 0) is 18.4 Å².